The molecule has 0 fully saturated rings. The van der Waals surface area contributed by atoms with Gasteiger partial charge in [-0.05, 0) is 73.8 Å². The summed E-state index contributed by atoms with van der Waals surface area (Å²) in [5, 5.41) is 2.73. The van der Waals surface area contributed by atoms with Gasteiger partial charge in [-0.1, -0.05) is 0 Å². The minimum absolute atomic E-state index is 0.135. The highest BCUT2D eigenvalue weighted by atomic mass is 127. The van der Waals surface area contributed by atoms with Crippen molar-refractivity contribution < 1.29 is 9.59 Å². The number of amides is 1. The number of carbonyl (C=O) groups is 2. The maximum atomic E-state index is 11.0. The van der Waals surface area contributed by atoms with Gasteiger partial charge in [-0.2, -0.15) is 0 Å². The zero-order chi connectivity index (χ0) is 11.6. The largest absolute Gasteiger partial charge is 0.324 e. The smallest absolute Gasteiger partial charge is 0.221 e. The summed E-state index contributed by atoms with van der Waals surface area (Å²) in [5.74, 6) is -0.135. The molecular weight excluding hydrogens is 535 g/mol. The highest BCUT2D eigenvalue weighted by Crippen LogP contribution is 2.30. The van der Waals surface area contributed by atoms with Crippen molar-refractivity contribution in [1.82, 2.24) is 0 Å². The van der Waals surface area contributed by atoms with E-state index >= 15 is 0 Å². The molecule has 3 nitrogen and oxygen atoms in total. The van der Waals surface area contributed by atoms with Crippen molar-refractivity contribution >= 4 is 85.7 Å². The average molecular weight is 541 g/mol. The maximum Gasteiger partial charge on any atom is 0.221 e. The SMILES string of the molecule is CC(=O)Nc1c(I)cc(I)c(C=O)c1I. The van der Waals surface area contributed by atoms with E-state index in [1.165, 1.54) is 6.92 Å². The molecule has 0 unspecified atom stereocenters. The molecule has 0 radical (unpaired) electrons. The van der Waals surface area contributed by atoms with Crippen molar-refractivity contribution in [3.8, 4) is 0 Å². The molecular formula is C9H6I3NO2. The molecule has 1 aromatic carbocycles. The van der Waals surface area contributed by atoms with E-state index in [9.17, 15) is 9.59 Å². The van der Waals surface area contributed by atoms with Gasteiger partial charge < -0.3 is 5.32 Å². The number of nitrogens with one attached hydrogen (secondary N) is 1. The van der Waals surface area contributed by atoms with Crippen LogP contribution in [0.4, 0.5) is 5.69 Å². The van der Waals surface area contributed by atoms with Crippen LogP contribution >= 0.6 is 67.8 Å². The molecule has 1 N–H and O–H groups in total. The number of hydrogen-bond donors (Lipinski definition) is 1. The van der Waals surface area contributed by atoms with E-state index in [-0.39, 0.29) is 5.91 Å². The molecule has 80 valence electrons. The lowest BCUT2D eigenvalue weighted by Crippen LogP contribution is -2.10. The van der Waals surface area contributed by atoms with Gasteiger partial charge in [0.05, 0.1) is 5.69 Å². The first-order valence-corrected chi connectivity index (χ1v) is 7.11. The topological polar surface area (TPSA) is 46.2 Å². The fourth-order valence-corrected chi connectivity index (χ4v) is 4.90. The number of halogens is 3. The number of hydrogen-bond acceptors (Lipinski definition) is 2. The zero-order valence-electron chi connectivity index (χ0n) is 7.61. The molecule has 0 aliphatic carbocycles. The molecule has 0 saturated carbocycles. The van der Waals surface area contributed by atoms with E-state index in [4.69, 9.17) is 0 Å². The fourth-order valence-electron chi connectivity index (χ4n) is 1.00. The van der Waals surface area contributed by atoms with Gasteiger partial charge in [0.2, 0.25) is 5.91 Å². The van der Waals surface area contributed by atoms with Crippen LogP contribution in [0.15, 0.2) is 6.07 Å². The quantitative estimate of drug-likeness (QED) is 0.462. The van der Waals surface area contributed by atoms with Crippen molar-refractivity contribution in [1.29, 1.82) is 0 Å². The van der Waals surface area contributed by atoms with Gasteiger partial charge in [0, 0.05) is 23.2 Å². The number of benzene rings is 1. The molecule has 1 rings (SSSR count). The van der Waals surface area contributed by atoms with Crippen molar-refractivity contribution in [2.45, 2.75) is 6.92 Å². The lowest BCUT2D eigenvalue weighted by atomic mass is 10.2. The van der Waals surface area contributed by atoms with Crippen molar-refractivity contribution in [2.24, 2.45) is 0 Å². The number of rotatable bonds is 2. The molecule has 15 heavy (non-hydrogen) atoms. The van der Waals surface area contributed by atoms with E-state index in [0.717, 1.165) is 17.0 Å². The number of anilines is 1. The lowest BCUT2D eigenvalue weighted by Gasteiger charge is -2.11. The molecule has 0 saturated heterocycles. The van der Waals surface area contributed by atoms with E-state index in [2.05, 4.69) is 73.1 Å². The summed E-state index contributed by atoms with van der Waals surface area (Å²) in [6, 6.07) is 1.87. The van der Waals surface area contributed by atoms with Crippen molar-refractivity contribution in [3.63, 3.8) is 0 Å². The number of carbonyl (C=O) groups excluding carboxylic acids is 2. The van der Waals surface area contributed by atoms with Crippen LogP contribution in [-0.2, 0) is 4.79 Å². The summed E-state index contributed by atoms with van der Waals surface area (Å²) in [7, 11) is 0. The molecule has 0 atom stereocenters. The summed E-state index contributed by atoms with van der Waals surface area (Å²) in [6.45, 7) is 1.45. The predicted octanol–water partition coefficient (Wildman–Crippen LogP) is 3.27. The summed E-state index contributed by atoms with van der Waals surface area (Å²) >= 11 is 6.32. The summed E-state index contributed by atoms with van der Waals surface area (Å²) in [6.07, 6.45) is 0.810. The molecule has 0 aliphatic rings. The summed E-state index contributed by atoms with van der Waals surface area (Å²) < 4.78 is 2.61. The third kappa shape index (κ3) is 3.25. The van der Waals surface area contributed by atoms with Crippen LogP contribution in [0.3, 0.4) is 0 Å². The molecule has 1 amide bonds. The van der Waals surface area contributed by atoms with Crippen molar-refractivity contribution in [3.05, 3.63) is 22.3 Å². The average Bonchev–Trinajstić information content (AvgIpc) is 2.12. The zero-order valence-corrected chi connectivity index (χ0v) is 14.1. The van der Waals surface area contributed by atoms with Gasteiger partial charge in [-0.15, -0.1) is 0 Å². The third-order valence-corrected chi connectivity index (χ3v) is 4.49. The first-order valence-electron chi connectivity index (χ1n) is 3.87. The highest BCUT2D eigenvalue weighted by molar-refractivity contribution is 14.1. The maximum absolute atomic E-state index is 11.0. The van der Waals surface area contributed by atoms with Crippen LogP contribution in [0, 0.1) is 10.7 Å². The fraction of sp³-hybridized carbons (Fsp3) is 0.111. The Morgan fingerprint density at radius 1 is 1.33 bits per heavy atom. The van der Waals surface area contributed by atoms with Crippen molar-refractivity contribution in [2.75, 3.05) is 5.32 Å². The Hall–Kier alpha value is 0.550. The van der Waals surface area contributed by atoms with E-state index in [1.54, 1.807) is 0 Å². The second-order valence-corrected chi connectivity index (χ2v) is 6.15. The second kappa shape index (κ2) is 5.75. The van der Waals surface area contributed by atoms with Gasteiger partial charge in [-0.25, -0.2) is 0 Å². The Morgan fingerprint density at radius 2 is 1.93 bits per heavy atom. The minimum atomic E-state index is -0.135. The van der Waals surface area contributed by atoms with Gasteiger partial charge >= 0.3 is 0 Å². The van der Waals surface area contributed by atoms with Crippen LogP contribution in [0.2, 0.25) is 0 Å². The van der Waals surface area contributed by atoms with E-state index in [0.29, 0.717) is 11.3 Å². The van der Waals surface area contributed by atoms with Gasteiger partial charge in [-0.3, -0.25) is 9.59 Å². The standard InChI is InChI=1S/C9H6I3NO2/c1-4(15)13-9-7(11)2-6(10)5(3-14)8(9)12/h2-3H,1H3,(H,13,15). The normalized spacial score (nSPS) is 9.87. The Bertz CT molecular complexity index is 432. The minimum Gasteiger partial charge on any atom is -0.324 e. The Morgan fingerprint density at radius 3 is 2.40 bits per heavy atom. The molecule has 0 aliphatic heterocycles. The highest BCUT2D eigenvalue weighted by Gasteiger charge is 2.14. The summed E-state index contributed by atoms with van der Waals surface area (Å²) in [4.78, 5) is 21.9. The van der Waals surface area contributed by atoms with Crippen LogP contribution in [0.5, 0.6) is 0 Å². The Labute approximate surface area is 128 Å². The first-order chi connectivity index (χ1) is 6.97. The van der Waals surface area contributed by atoms with Crippen LogP contribution in [0.25, 0.3) is 0 Å². The summed E-state index contributed by atoms with van der Waals surface area (Å²) in [5.41, 5.74) is 1.34. The van der Waals surface area contributed by atoms with Crippen LogP contribution < -0.4 is 5.32 Å². The van der Waals surface area contributed by atoms with Gasteiger partial charge in [0.25, 0.3) is 0 Å². The molecule has 6 heteroatoms. The second-order valence-electron chi connectivity index (χ2n) is 2.74. The third-order valence-electron chi connectivity index (χ3n) is 1.62. The van der Waals surface area contributed by atoms with Gasteiger partial charge in [0.1, 0.15) is 0 Å². The van der Waals surface area contributed by atoms with Crippen LogP contribution in [-0.4, -0.2) is 12.2 Å². The number of aldehydes is 1. The molecule has 0 heterocycles. The predicted molar refractivity (Wildman–Crippen MR) is 84.3 cm³/mol. The van der Waals surface area contributed by atoms with E-state index in [1.807, 2.05) is 6.07 Å². The Kier molecular flexibility index (Phi) is 5.22. The van der Waals surface area contributed by atoms with Gasteiger partial charge in [0.15, 0.2) is 6.29 Å². The Balaban J connectivity index is 3.38. The van der Waals surface area contributed by atoms with Crippen LogP contribution in [0.1, 0.15) is 17.3 Å². The molecule has 0 aromatic heterocycles. The lowest BCUT2D eigenvalue weighted by molar-refractivity contribution is -0.114. The molecule has 0 bridgehead atoms. The van der Waals surface area contributed by atoms with E-state index < -0.39 is 0 Å². The molecule has 1 aromatic rings. The monoisotopic (exact) mass is 541 g/mol. The molecule has 0 spiro atoms. The first kappa shape index (κ1) is 13.6.